The van der Waals surface area contributed by atoms with Crippen LogP contribution >= 0.6 is 0 Å². The molecule has 0 radical (unpaired) electrons. The van der Waals surface area contributed by atoms with Gasteiger partial charge in [-0.15, -0.1) is 0 Å². The Balaban J connectivity index is 2.22. The number of aliphatic hydroxyl groups excluding tert-OH is 7. The van der Waals surface area contributed by atoms with Crippen molar-refractivity contribution < 1.29 is 50.0 Å². The number of ether oxygens (including phenoxy) is 2. The second-order valence-electron chi connectivity index (χ2n) is 21.1. The summed E-state index contributed by atoms with van der Waals surface area (Å²) in [6.45, 7) is 3.47. The Morgan fingerprint density at radius 3 is 1.27 bits per heavy atom. The molecule has 70 heavy (non-hydrogen) atoms. The van der Waals surface area contributed by atoms with E-state index in [4.69, 9.17) is 9.47 Å². The molecule has 11 heteroatoms. The van der Waals surface area contributed by atoms with Crippen LogP contribution in [0.25, 0.3) is 0 Å². The number of amides is 1. The number of carbonyl (C=O) groups is 1. The van der Waals surface area contributed by atoms with Crippen LogP contribution in [0.4, 0.5) is 0 Å². The summed E-state index contributed by atoms with van der Waals surface area (Å²) in [5.74, 6) is -0.694. The van der Waals surface area contributed by atoms with Gasteiger partial charge in [-0.2, -0.15) is 0 Å². The van der Waals surface area contributed by atoms with Crippen molar-refractivity contribution in [2.24, 2.45) is 0 Å². The predicted octanol–water partition coefficient (Wildman–Crippen LogP) is 12.5. The number of nitrogens with one attached hydrogen (secondary N) is 1. The van der Waals surface area contributed by atoms with E-state index in [-0.39, 0.29) is 6.42 Å². The smallest absolute Gasteiger partial charge is 0.249 e. The number of unbranched alkanes of at least 4 members (excludes halogenated alkanes) is 35. The molecule has 9 unspecified atom stereocenters. The molecule has 1 amide bonds. The normalized spacial score (nSPS) is 20.4. The van der Waals surface area contributed by atoms with Crippen molar-refractivity contribution in [1.29, 1.82) is 0 Å². The maximum absolute atomic E-state index is 13.2. The molecule has 0 aromatic rings. The summed E-state index contributed by atoms with van der Waals surface area (Å²) < 4.78 is 11.1. The number of carbonyl (C=O) groups excluding carboxylic acids is 1. The third-order valence-electron chi connectivity index (χ3n) is 14.5. The molecule has 0 saturated carbocycles. The van der Waals surface area contributed by atoms with Crippen LogP contribution in [0, 0.1) is 0 Å². The first-order chi connectivity index (χ1) is 34.2. The maximum atomic E-state index is 13.2. The molecule has 1 fully saturated rings. The van der Waals surface area contributed by atoms with E-state index in [9.17, 15) is 40.5 Å². The predicted molar refractivity (Wildman–Crippen MR) is 289 cm³/mol. The fourth-order valence-corrected chi connectivity index (χ4v) is 9.65. The van der Waals surface area contributed by atoms with Gasteiger partial charge in [0.2, 0.25) is 5.91 Å². The van der Waals surface area contributed by atoms with E-state index in [0.717, 1.165) is 44.9 Å². The van der Waals surface area contributed by atoms with Gasteiger partial charge in [0.1, 0.15) is 36.6 Å². The van der Waals surface area contributed by atoms with E-state index in [1.54, 1.807) is 0 Å². The van der Waals surface area contributed by atoms with Crippen LogP contribution in [0.15, 0.2) is 24.3 Å². The lowest BCUT2D eigenvalue weighted by Gasteiger charge is -2.40. The summed E-state index contributed by atoms with van der Waals surface area (Å²) >= 11 is 0. The van der Waals surface area contributed by atoms with E-state index in [1.165, 1.54) is 193 Å². The minimum Gasteiger partial charge on any atom is -0.394 e. The molecule has 11 nitrogen and oxygen atoms in total. The highest BCUT2D eigenvalue weighted by atomic mass is 16.7. The summed E-state index contributed by atoms with van der Waals surface area (Å²) in [6, 6.07) is -1.17. The molecular formula is C59H113NO10. The van der Waals surface area contributed by atoms with Gasteiger partial charge < -0.3 is 50.5 Å². The quantitative estimate of drug-likeness (QED) is 0.0215. The van der Waals surface area contributed by atoms with Crippen LogP contribution in [0.1, 0.15) is 277 Å². The Labute approximate surface area is 429 Å². The zero-order valence-corrected chi connectivity index (χ0v) is 45.3. The molecule has 1 aliphatic heterocycles. The molecule has 1 saturated heterocycles. The van der Waals surface area contributed by atoms with Gasteiger partial charge >= 0.3 is 0 Å². The SMILES string of the molecule is CCCCCCCCCCC/C=C\C/C=C\CCCCCCCCCCCCCCCCC(O)C(=O)NC(COC1OC(CO)C(O)C(O)C1O)C(O)C(O)CCCCCCCCCCCCCCC. The van der Waals surface area contributed by atoms with Crippen LogP contribution in [0.5, 0.6) is 0 Å². The monoisotopic (exact) mass is 996 g/mol. The van der Waals surface area contributed by atoms with Gasteiger partial charge in [-0.3, -0.25) is 4.79 Å². The molecule has 0 aromatic heterocycles. The highest BCUT2D eigenvalue weighted by Crippen LogP contribution is 2.23. The molecule has 1 heterocycles. The highest BCUT2D eigenvalue weighted by molar-refractivity contribution is 5.80. The van der Waals surface area contributed by atoms with Gasteiger partial charge in [-0.05, 0) is 44.9 Å². The zero-order valence-electron chi connectivity index (χ0n) is 45.3. The van der Waals surface area contributed by atoms with E-state index in [2.05, 4.69) is 43.5 Å². The highest BCUT2D eigenvalue weighted by Gasteiger charge is 2.44. The first-order valence-electron chi connectivity index (χ1n) is 29.7. The third-order valence-corrected chi connectivity index (χ3v) is 14.5. The van der Waals surface area contributed by atoms with Gasteiger partial charge in [-0.1, -0.05) is 256 Å². The minimum absolute atomic E-state index is 0.261. The van der Waals surface area contributed by atoms with Crippen LogP contribution in [0.3, 0.4) is 0 Å². The zero-order chi connectivity index (χ0) is 51.1. The molecule has 0 spiro atoms. The summed E-state index contributed by atoms with van der Waals surface area (Å²) in [4.78, 5) is 13.2. The number of hydrogen-bond acceptors (Lipinski definition) is 10. The second kappa shape index (κ2) is 48.5. The largest absolute Gasteiger partial charge is 0.394 e. The van der Waals surface area contributed by atoms with E-state index >= 15 is 0 Å². The van der Waals surface area contributed by atoms with Crippen molar-refractivity contribution >= 4 is 5.91 Å². The van der Waals surface area contributed by atoms with Gasteiger partial charge in [0.25, 0.3) is 0 Å². The number of hydrogen-bond donors (Lipinski definition) is 8. The van der Waals surface area contributed by atoms with Crippen molar-refractivity contribution in [2.75, 3.05) is 13.2 Å². The molecule has 8 N–H and O–H groups in total. The maximum Gasteiger partial charge on any atom is 0.249 e. The van der Waals surface area contributed by atoms with Crippen LogP contribution in [-0.4, -0.2) is 110 Å². The average molecular weight is 997 g/mol. The topological polar surface area (TPSA) is 189 Å². The lowest BCUT2D eigenvalue weighted by atomic mass is 9.98. The van der Waals surface area contributed by atoms with Crippen LogP contribution < -0.4 is 5.32 Å². The molecule has 0 bridgehead atoms. The van der Waals surface area contributed by atoms with Crippen molar-refractivity contribution in [2.45, 2.75) is 332 Å². The first kappa shape index (κ1) is 66.6. The molecule has 414 valence electrons. The Morgan fingerprint density at radius 1 is 0.500 bits per heavy atom. The molecule has 0 aliphatic carbocycles. The average Bonchev–Trinajstić information content (AvgIpc) is 3.36. The lowest BCUT2D eigenvalue weighted by molar-refractivity contribution is -0.303. The van der Waals surface area contributed by atoms with Crippen molar-refractivity contribution in [3.05, 3.63) is 24.3 Å². The van der Waals surface area contributed by atoms with Crippen LogP contribution in [0.2, 0.25) is 0 Å². The van der Waals surface area contributed by atoms with Gasteiger partial charge in [-0.25, -0.2) is 0 Å². The number of aliphatic hydroxyl groups is 7. The third kappa shape index (κ3) is 36.5. The molecular weight excluding hydrogens is 883 g/mol. The Hall–Kier alpha value is -1.41. The Morgan fingerprint density at radius 2 is 0.871 bits per heavy atom. The van der Waals surface area contributed by atoms with Gasteiger partial charge in [0, 0.05) is 0 Å². The summed E-state index contributed by atoms with van der Waals surface area (Å²) in [7, 11) is 0. The van der Waals surface area contributed by atoms with Gasteiger partial charge in [0.05, 0.1) is 25.4 Å². The van der Waals surface area contributed by atoms with Crippen LogP contribution in [-0.2, 0) is 14.3 Å². The fourth-order valence-electron chi connectivity index (χ4n) is 9.65. The Bertz CT molecular complexity index is 1190. The standard InChI is InChI=1S/C59H113NO10/c1-3-5-7-9-11-13-15-17-18-19-20-21-22-23-24-25-26-27-28-29-30-31-32-33-35-37-39-41-43-45-47-52(63)58(68)60-50(49-69-59-57(67)56(66)55(65)53(48-61)70-59)54(64)51(62)46-44-42-40-38-36-34-16-14-12-10-8-6-4-2/h20-21,23-24,50-57,59,61-67H,3-19,22,25-49H2,1-2H3,(H,60,68)/b21-20-,24-23-. The summed E-state index contributed by atoms with van der Waals surface area (Å²) in [5, 5.41) is 76.0. The molecule has 0 aromatic carbocycles. The molecule has 9 atom stereocenters. The van der Waals surface area contributed by atoms with Crippen molar-refractivity contribution in [3.63, 3.8) is 0 Å². The van der Waals surface area contributed by atoms with Crippen molar-refractivity contribution in [3.8, 4) is 0 Å². The molecule has 1 rings (SSSR count). The fraction of sp³-hybridized carbons (Fsp3) is 0.915. The van der Waals surface area contributed by atoms with Crippen molar-refractivity contribution in [1.82, 2.24) is 5.32 Å². The van der Waals surface area contributed by atoms with E-state index < -0.39 is 74.2 Å². The Kier molecular flexibility index (Phi) is 46.2. The van der Waals surface area contributed by atoms with E-state index in [0.29, 0.717) is 19.3 Å². The molecule has 1 aliphatic rings. The first-order valence-corrected chi connectivity index (χ1v) is 29.7. The van der Waals surface area contributed by atoms with E-state index in [1.807, 2.05) is 0 Å². The summed E-state index contributed by atoms with van der Waals surface area (Å²) in [5.41, 5.74) is 0. The lowest BCUT2D eigenvalue weighted by Crippen LogP contribution is -2.60. The minimum atomic E-state index is -1.66. The second-order valence-corrected chi connectivity index (χ2v) is 21.1. The van der Waals surface area contributed by atoms with Gasteiger partial charge in [0.15, 0.2) is 6.29 Å². The number of rotatable bonds is 51. The summed E-state index contributed by atoms with van der Waals surface area (Å²) in [6.07, 6.45) is 46.7. The number of allylic oxidation sites excluding steroid dienone is 4.